The van der Waals surface area contributed by atoms with Crippen LogP contribution in [0.25, 0.3) is 0 Å². The van der Waals surface area contributed by atoms with Gasteiger partial charge < -0.3 is 25.3 Å². The van der Waals surface area contributed by atoms with Crippen LogP contribution in [0.2, 0.25) is 0 Å². The first-order valence-corrected chi connectivity index (χ1v) is 11.1. The fourth-order valence-electron chi connectivity index (χ4n) is 4.01. The van der Waals surface area contributed by atoms with E-state index in [0.717, 1.165) is 31.4 Å². The first kappa shape index (κ1) is 26.6. The summed E-state index contributed by atoms with van der Waals surface area (Å²) in [5.74, 6) is -1.72. The number of aliphatic hydroxyl groups excluding tert-OH is 4. The van der Waals surface area contributed by atoms with Gasteiger partial charge in [-0.15, -0.1) is 0 Å². The minimum Gasteiger partial charge on any atom is -0.395 e. The van der Waals surface area contributed by atoms with Crippen molar-refractivity contribution < 1.29 is 34.0 Å². The number of amides is 1. The van der Waals surface area contributed by atoms with Crippen molar-refractivity contribution in [3.8, 4) is 0 Å². The van der Waals surface area contributed by atoms with Crippen molar-refractivity contribution in [1.82, 2.24) is 4.90 Å². The zero-order chi connectivity index (χ0) is 24.1. The van der Waals surface area contributed by atoms with Gasteiger partial charge >= 0.3 is 0 Å². The molecule has 4 atom stereocenters. The summed E-state index contributed by atoms with van der Waals surface area (Å²) in [7, 11) is 0. The number of halogens is 2. The first-order valence-electron chi connectivity index (χ1n) is 11.1. The summed E-state index contributed by atoms with van der Waals surface area (Å²) < 4.78 is 27.6. The minimum atomic E-state index is -1.28. The minimum absolute atomic E-state index is 0.0620. The molecule has 1 saturated heterocycles. The Kier molecular flexibility index (Phi) is 9.53. The second-order valence-electron chi connectivity index (χ2n) is 9.51. The molecule has 0 aromatic heterocycles. The molecule has 1 aliphatic rings. The Bertz CT molecular complexity index is 758. The maximum atomic E-state index is 14.3. The molecule has 182 valence electrons. The molecule has 0 radical (unpaired) electrons. The van der Waals surface area contributed by atoms with E-state index >= 15 is 0 Å². The molecule has 0 spiro atoms. The maximum absolute atomic E-state index is 14.3. The molecule has 9 heteroatoms. The number of hydrogen-bond donors (Lipinski definition) is 4. The summed E-state index contributed by atoms with van der Waals surface area (Å²) in [6, 6.07) is 2.56. The molecule has 1 aromatic rings. The largest absolute Gasteiger partial charge is 0.395 e. The third kappa shape index (κ3) is 6.68. The van der Waals surface area contributed by atoms with Crippen molar-refractivity contribution >= 4 is 11.6 Å². The summed E-state index contributed by atoms with van der Waals surface area (Å²) in [5, 5.41) is 39.2. The second-order valence-corrected chi connectivity index (χ2v) is 9.51. The Labute approximate surface area is 188 Å². The van der Waals surface area contributed by atoms with E-state index in [1.54, 1.807) is 25.7 Å². The fourth-order valence-corrected chi connectivity index (χ4v) is 4.01. The molecule has 32 heavy (non-hydrogen) atoms. The van der Waals surface area contributed by atoms with Gasteiger partial charge in [-0.1, -0.05) is 33.6 Å². The highest BCUT2D eigenvalue weighted by Crippen LogP contribution is 2.27. The van der Waals surface area contributed by atoms with Crippen LogP contribution in [0.1, 0.15) is 46.5 Å². The van der Waals surface area contributed by atoms with E-state index in [1.165, 1.54) is 11.0 Å². The zero-order valence-electron chi connectivity index (χ0n) is 19.0. The normalized spacial score (nSPS) is 24.5. The van der Waals surface area contributed by atoms with Gasteiger partial charge in [0.05, 0.1) is 24.4 Å². The summed E-state index contributed by atoms with van der Waals surface area (Å²) >= 11 is 0. The molecule has 1 fully saturated rings. The number of carbonyl (C=O) groups excluding carboxylic acids is 1. The molecule has 0 saturated carbocycles. The van der Waals surface area contributed by atoms with E-state index in [2.05, 4.69) is 0 Å². The number of rotatable bonds is 9. The van der Waals surface area contributed by atoms with Crippen molar-refractivity contribution in [1.29, 1.82) is 0 Å². The number of carbonyl (C=O) groups is 1. The van der Waals surface area contributed by atoms with Crippen LogP contribution in [0.4, 0.5) is 14.5 Å². The maximum Gasteiger partial charge on any atom is 0.232 e. The monoisotopic (exact) mass is 458 g/mol. The Morgan fingerprint density at radius 2 is 1.75 bits per heavy atom. The summed E-state index contributed by atoms with van der Waals surface area (Å²) in [6.07, 6.45) is -0.686. The highest BCUT2D eigenvalue weighted by molar-refractivity contribution is 5.97. The van der Waals surface area contributed by atoms with Crippen LogP contribution in [0, 0.1) is 17.0 Å². The molecule has 0 aliphatic carbocycles. The first-order chi connectivity index (χ1) is 15.0. The smallest absolute Gasteiger partial charge is 0.232 e. The number of unbranched alkanes of at least 4 members (excludes halogenated alkanes) is 3. The van der Waals surface area contributed by atoms with Crippen molar-refractivity contribution in [2.24, 2.45) is 5.41 Å². The van der Waals surface area contributed by atoms with Crippen molar-refractivity contribution in [3.05, 3.63) is 29.8 Å². The van der Waals surface area contributed by atoms with E-state index in [0.29, 0.717) is 19.5 Å². The number of benzene rings is 1. The third-order valence-corrected chi connectivity index (χ3v) is 5.88. The molecule has 1 amide bonds. The Morgan fingerprint density at radius 1 is 1.09 bits per heavy atom. The van der Waals surface area contributed by atoms with E-state index < -0.39 is 41.4 Å². The standard InChI is InChI=1S/C23H36F2N2O5/c1-23(2,3)22(32)27(17-9-8-15(24)12-16(17)25)11-7-5-4-6-10-26-13-19(29)21(31)20(30)18(26)14-28/h8-9,12,18-21,28-31H,4-7,10-11,13-14H2,1-3H3/t18-,19+,20-,21-/m1/s1. The lowest BCUT2D eigenvalue weighted by atomic mass is 9.93. The van der Waals surface area contributed by atoms with Gasteiger partial charge in [0, 0.05) is 24.6 Å². The Hall–Kier alpha value is -1.65. The number of aliphatic hydroxyl groups is 4. The predicted octanol–water partition coefficient (Wildman–Crippen LogP) is 1.66. The van der Waals surface area contributed by atoms with Gasteiger partial charge in [0.2, 0.25) is 5.91 Å². The fraction of sp³-hybridized carbons (Fsp3) is 0.696. The van der Waals surface area contributed by atoms with Gasteiger partial charge in [0.25, 0.3) is 0 Å². The Balaban J connectivity index is 1.88. The summed E-state index contributed by atoms with van der Waals surface area (Å²) in [5.41, 5.74) is -0.660. The predicted molar refractivity (Wildman–Crippen MR) is 117 cm³/mol. The van der Waals surface area contributed by atoms with Crippen LogP contribution in [0.3, 0.4) is 0 Å². The van der Waals surface area contributed by atoms with Crippen molar-refractivity contribution in [2.75, 3.05) is 31.1 Å². The van der Waals surface area contributed by atoms with Gasteiger partial charge in [-0.25, -0.2) is 8.78 Å². The van der Waals surface area contributed by atoms with Crippen LogP contribution in [-0.2, 0) is 4.79 Å². The van der Waals surface area contributed by atoms with Crippen LogP contribution in [0.5, 0.6) is 0 Å². The molecular formula is C23H36F2N2O5. The van der Waals surface area contributed by atoms with Crippen molar-refractivity contribution in [3.63, 3.8) is 0 Å². The van der Waals surface area contributed by atoms with Gasteiger partial charge in [0.15, 0.2) is 0 Å². The van der Waals surface area contributed by atoms with E-state index in [9.17, 15) is 34.0 Å². The molecule has 0 bridgehead atoms. The SMILES string of the molecule is CC(C)(C)C(=O)N(CCCCCCN1C[C@H](O)[C@@H](O)[C@H](O)[C@H]1CO)c1ccc(F)cc1F. The molecule has 1 heterocycles. The summed E-state index contributed by atoms with van der Waals surface area (Å²) in [6.45, 7) is 5.92. The molecule has 1 aliphatic heterocycles. The van der Waals surface area contributed by atoms with Crippen LogP contribution >= 0.6 is 0 Å². The lowest BCUT2D eigenvalue weighted by Crippen LogP contribution is -2.62. The highest BCUT2D eigenvalue weighted by atomic mass is 19.1. The van der Waals surface area contributed by atoms with Gasteiger partial charge in [-0.2, -0.15) is 0 Å². The van der Waals surface area contributed by atoms with Crippen molar-refractivity contribution in [2.45, 2.75) is 70.8 Å². The number of likely N-dealkylation sites (tertiary alicyclic amines) is 1. The van der Waals surface area contributed by atoms with E-state index in [-0.39, 0.29) is 24.7 Å². The van der Waals surface area contributed by atoms with Gasteiger partial charge in [0.1, 0.15) is 23.8 Å². The number of β-amino-alcohol motifs (C(OH)–C–C–N with tert-alkyl or cyclic N) is 1. The molecule has 4 N–H and O–H groups in total. The number of anilines is 1. The highest BCUT2D eigenvalue weighted by Gasteiger charge is 2.40. The molecule has 2 rings (SSSR count). The van der Waals surface area contributed by atoms with E-state index in [1.807, 2.05) is 0 Å². The molecule has 1 aromatic carbocycles. The molecule has 0 unspecified atom stereocenters. The van der Waals surface area contributed by atoms with Crippen LogP contribution < -0.4 is 4.90 Å². The third-order valence-electron chi connectivity index (χ3n) is 5.88. The molecular weight excluding hydrogens is 422 g/mol. The van der Waals surface area contributed by atoms with E-state index in [4.69, 9.17) is 0 Å². The zero-order valence-corrected chi connectivity index (χ0v) is 19.0. The second kappa shape index (κ2) is 11.5. The number of piperidine rings is 1. The number of nitrogens with zero attached hydrogens (tertiary/aromatic N) is 2. The number of hydrogen-bond acceptors (Lipinski definition) is 6. The summed E-state index contributed by atoms with van der Waals surface area (Å²) in [4.78, 5) is 16.0. The Morgan fingerprint density at radius 3 is 2.34 bits per heavy atom. The van der Waals surface area contributed by atoms with Crippen LogP contribution in [0.15, 0.2) is 18.2 Å². The lowest BCUT2D eigenvalue weighted by Gasteiger charge is -2.43. The lowest BCUT2D eigenvalue weighted by molar-refractivity contribution is -0.145. The van der Waals surface area contributed by atoms with Gasteiger partial charge in [-0.3, -0.25) is 9.69 Å². The van der Waals surface area contributed by atoms with Crippen LogP contribution in [-0.4, -0.2) is 81.8 Å². The quantitative estimate of drug-likeness (QED) is 0.420. The topological polar surface area (TPSA) is 104 Å². The van der Waals surface area contributed by atoms with Gasteiger partial charge in [-0.05, 0) is 31.5 Å². The molecule has 7 nitrogen and oxygen atoms in total. The average Bonchev–Trinajstić information content (AvgIpc) is 2.71. The average molecular weight is 459 g/mol.